The second-order valence-corrected chi connectivity index (χ2v) is 4.93. The summed E-state index contributed by atoms with van der Waals surface area (Å²) in [7, 11) is 0. The molecule has 22 heavy (non-hydrogen) atoms. The predicted molar refractivity (Wildman–Crippen MR) is 84.9 cm³/mol. The van der Waals surface area contributed by atoms with Gasteiger partial charge in [-0.15, -0.1) is 6.58 Å². The maximum Gasteiger partial charge on any atom is 0.254 e. The van der Waals surface area contributed by atoms with E-state index in [0.717, 1.165) is 5.69 Å². The van der Waals surface area contributed by atoms with E-state index in [1.54, 1.807) is 29.2 Å². The molecule has 6 heteroatoms. The summed E-state index contributed by atoms with van der Waals surface area (Å²) < 4.78 is 5.25. The highest BCUT2D eigenvalue weighted by molar-refractivity contribution is 5.95. The summed E-state index contributed by atoms with van der Waals surface area (Å²) in [5.41, 5.74) is 1.35. The van der Waals surface area contributed by atoms with Crippen LogP contribution in [0.1, 0.15) is 10.4 Å². The van der Waals surface area contributed by atoms with Crippen LogP contribution in [0.4, 0.5) is 5.69 Å². The van der Waals surface area contributed by atoms with Crippen molar-refractivity contribution in [3.8, 4) is 0 Å². The Labute approximate surface area is 130 Å². The molecule has 6 nitrogen and oxygen atoms in total. The van der Waals surface area contributed by atoms with Crippen LogP contribution in [-0.2, 0) is 9.53 Å². The summed E-state index contributed by atoms with van der Waals surface area (Å²) in [4.78, 5) is 25.7. The fraction of sp³-hybridized carbons (Fsp3) is 0.375. The number of nitrogens with one attached hydrogen (secondary N) is 2. The lowest BCUT2D eigenvalue weighted by Gasteiger charge is -2.27. The molecule has 0 atom stereocenters. The molecule has 1 aliphatic heterocycles. The number of benzene rings is 1. The van der Waals surface area contributed by atoms with Crippen molar-refractivity contribution in [2.75, 3.05) is 44.7 Å². The molecule has 0 spiro atoms. The van der Waals surface area contributed by atoms with Crippen LogP contribution in [-0.4, -0.2) is 56.1 Å². The molecule has 1 aromatic rings. The van der Waals surface area contributed by atoms with E-state index in [4.69, 9.17) is 4.74 Å². The van der Waals surface area contributed by atoms with Gasteiger partial charge in [0.2, 0.25) is 5.91 Å². The largest absolute Gasteiger partial charge is 0.378 e. The van der Waals surface area contributed by atoms with Gasteiger partial charge in [-0.25, -0.2) is 0 Å². The first-order valence-corrected chi connectivity index (χ1v) is 7.29. The molecule has 0 saturated carbocycles. The van der Waals surface area contributed by atoms with E-state index >= 15 is 0 Å². The van der Waals surface area contributed by atoms with E-state index in [9.17, 15) is 9.59 Å². The highest BCUT2D eigenvalue weighted by Crippen LogP contribution is 2.13. The smallest absolute Gasteiger partial charge is 0.254 e. The minimum Gasteiger partial charge on any atom is -0.378 e. The van der Waals surface area contributed by atoms with Crippen LogP contribution in [0.5, 0.6) is 0 Å². The third-order valence-corrected chi connectivity index (χ3v) is 3.30. The zero-order chi connectivity index (χ0) is 15.8. The third-order valence-electron chi connectivity index (χ3n) is 3.30. The quantitative estimate of drug-likeness (QED) is 0.765. The molecule has 1 aliphatic rings. The lowest BCUT2D eigenvalue weighted by Crippen LogP contribution is -2.40. The van der Waals surface area contributed by atoms with Crippen LogP contribution < -0.4 is 10.6 Å². The standard InChI is InChI=1S/C16H21N3O3/c1-2-6-17-15(20)12-18-14-5-3-4-13(11-14)16(21)19-7-9-22-10-8-19/h2-5,11,18H,1,6-10,12H2,(H,17,20). The van der Waals surface area contributed by atoms with Crippen molar-refractivity contribution in [2.24, 2.45) is 0 Å². The summed E-state index contributed by atoms with van der Waals surface area (Å²) in [6.07, 6.45) is 1.62. The van der Waals surface area contributed by atoms with Gasteiger partial charge in [0.15, 0.2) is 0 Å². The summed E-state index contributed by atoms with van der Waals surface area (Å²) in [6.45, 7) is 6.51. The Morgan fingerprint density at radius 2 is 2.09 bits per heavy atom. The zero-order valence-electron chi connectivity index (χ0n) is 12.5. The number of carbonyl (C=O) groups is 2. The van der Waals surface area contributed by atoms with Gasteiger partial charge in [-0.1, -0.05) is 12.1 Å². The van der Waals surface area contributed by atoms with Gasteiger partial charge < -0.3 is 20.3 Å². The van der Waals surface area contributed by atoms with Crippen LogP contribution in [0.3, 0.4) is 0 Å². The molecule has 1 heterocycles. The minimum absolute atomic E-state index is 0.0111. The van der Waals surface area contributed by atoms with Gasteiger partial charge in [-0.05, 0) is 18.2 Å². The molecule has 0 bridgehead atoms. The van der Waals surface area contributed by atoms with Crippen molar-refractivity contribution in [1.82, 2.24) is 10.2 Å². The number of anilines is 1. The number of morpholine rings is 1. The maximum atomic E-state index is 12.4. The van der Waals surface area contributed by atoms with Gasteiger partial charge in [-0.2, -0.15) is 0 Å². The number of rotatable bonds is 6. The van der Waals surface area contributed by atoms with Gasteiger partial charge >= 0.3 is 0 Å². The average Bonchev–Trinajstić information content (AvgIpc) is 2.58. The van der Waals surface area contributed by atoms with E-state index < -0.39 is 0 Å². The molecule has 2 rings (SSSR count). The Bertz CT molecular complexity index is 539. The number of hydrogen-bond acceptors (Lipinski definition) is 4. The Morgan fingerprint density at radius 1 is 1.32 bits per heavy atom. The number of amides is 2. The SMILES string of the molecule is C=CCNC(=O)CNc1cccc(C(=O)N2CCOCC2)c1. The first-order chi connectivity index (χ1) is 10.7. The normalized spacial score (nSPS) is 14.3. The lowest BCUT2D eigenvalue weighted by molar-refractivity contribution is -0.119. The Kier molecular flexibility index (Phi) is 5.97. The summed E-state index contributed by atoms with van der Waals surface area (Å²) in [5, 5.41) is 5.69. The molecule has 2 amide bonds. The van der Waals surface area contributed by atoms with Gasteiger partial charge in [0.25, 0.3) is 5.91 Å². The van der Waals surface area contributed by atoms with E-state index in [1.165, 1.54) is 0 Å². The Morgan fingerprint density at radius 3 is 2.82 bits per heavy atom. The molecular weight excluding hydrogens is 282 g/mol. The minimum atomic E-state index is -0.121. The molecule has 2 N–H and O–H groups in total. The van der Waals surface area contributed by atoms with Gasteiger partial charge in [-0.3, -0.25) is 9.59 Å². The maximum absolute atomic E-state index is 12.4. The van der Waals surface area contributed by atoms with Crippen LogP contribution in [0, 0.1) is 0 Å². The van der Waals surface area contributed by atoms with Crippen LogP contribution in [0.2, 0.25) is 0 Å². The summed E-state index contributed by atoms with van der Waals surface area (Å²) in [6, 6.07) is 7.17. The van der Waals surface area contributed by atoms with E-state index in [0.29, 0.717) is 38.4 Å². The predicted octanol–water partition coefficient (Wildman–Crippen LogP) is 0.873. The number of hydrogen-bond donors (Lipinski definition) is 2. The number of ether oxygens (including phenoxy) is 1. The summed E-state index contributed by atoms with van der Waals surface area (Å²) >= 11 is 0. The molecular formula is C16H21N3O3. The first-order valence-electron chi connectivity index (χ1n) is 7.29. The van der Waals surface area contributed by atoms with E-state index in [1.807, 2.05) is 6.07 Å². The van der Waals surface area contributed by atoms with Crippen LogP contribution >= 0.6 is 0 Å². The molecule has 118 valence electrons. The highest BCUT2D eigenvalue weighted by Gasteiger charge is 2.18. The molecule has 1 saturated heterocycles. The third kappa shape index (κ3) is 4.60. The van der Waals surface area contributed by atoms with Crippen LogP contribution in [0.25, 0.3) is 0 Å². The fourth-order valence-corrected chi connectivity index (χ4v) is 2.14. The Balaban J connectivity index is 1.92. The highest BCUT2D eigenvalue weighted by atomic mass is 16.5. The monoisotopic (exact) mass is 303 g/mol. The van der Waals surface area contributed by atoms with Crippen molar-refractivity contribution in [3.63, 3.8) is 0 Å². The number of carbonyl (C=O) groups excluding carboxylic acids is 2. The van der Waals surface area contributed by atoms with E-state index in [2.05, 4.69) is 17.2 Å². The zero-order valence-corrected chi connectivity index (χ0v) is 12.5. The van der Waals surface area contributed by atoms with Crippen molar-refractivity contribution in [3.05, 3.63) is 42.5 Å². The second-order valence-electron chi connectivity index (χ2n) is 4.93. The van der Waals surface area contributed by atoms with Crippen molar-refractivity contribution in [1.29, 1.82) is 0 Å². The van der Waals surface area contributed by atoms with Gasteiger partial charge in [0, 0.05) is 30.9 Å². The second kappa shape index (κ2) is 8.19. The molecule has 1 fully saturated rings. The van der Waals surface area contributed by atoms with Crippen molar-refractivity contribution >= 4 is 17.5 Å². The average molecular weight is 303 g/mol. The number of nitrogens with zero attached hydrogens (tertiary/aromatic N) is 1. The molecule has 1 aromatic carbocycles. The molecule has 0 unspecified atom stereocenters. The van der Waals surface area contributed by atoms with Gasteiger partial charge in [0.1, 0.15) is 0 Å². The molecule has 0 aliphatic carbocycles. The molecule has 0 aromatic heterocycles. The fourth-order valence-electron chi connectivity index (χ4n) is 2.14. The topological polar surface area (TPSA) is 70.7 Å². The first kappa shape index (κ1) is 16.0. The van der Waals surface area contributed by atoms with Crippen LogP contribution in [0.15, 0.2) is 36.9 Å². The molecule has 0 radical (unpaired) electrons. The summed E-state index contributed by atoms with van der Waals surface area (Å²) in [5.74, 6) is -0.132. The van der Waals surface area contributed by atoms with Crippen molar-refractivity contribution < 1.29 is 14.3 Å². The van der Waals surface area contributed by atoms with E-state index in [-0.39, 0.29) is 18.4 Å². The lowest BCUT2D eigenvalue weighted by atomic mass is 10.1. The van der Waals surface area contributed by atoms with Gasteiger partial charge in [0.05, 0.1) is 19.8 Å². The van der Waals surface area contributed by atoms with Crippen molar-refractivity contribution in [2.45, 2.75) is 0 Å². The Hall–Kier alpha value is -2.34.